The standard InChI is InChI=1S/C30H27N7O2/c1-19-17-37(30(39)25-15-7-13-23(32-25)28-34-21-11-5-6-12-22(21)35-28)18-26(19)36-29(38)24-14-8-16-27(33-24)31-20-9-3-2-4-10-20/h2-16,19,26H,17-18H2,1H3,(H,31,33)(H,34,35)(H,36,38). The summed E-state index contributed by atoms with van der Waals surface area (Å²) >= 11 is 0. The van der Waals surface area contributed by atoms with Crippen LogP contribution >= 0.6 is 0 Å². The number of nitrogens with zero attached hydrogens (tertiary/aromatic N) is 4. The summed E-state index contributed by atoms with van der Waals surface area (Å²) in [7, 11) is 0. The fourth-order valence-corrected chi connectivity index (χ4v) is 4.78. The molecular weight excluding hydrogens is 490 g/mol. The number of hydrogen-bond donors (Lipinski definition) is 3. The number of para-hydroxylation sites is 3. The quantitative estimate of drug-likeness (QED) is 0.302. The van der Waals surface area contributed by atoms with Crippen molar-refractivity contribution in [3.8, 4) is 11.5 Å². The predicted octanol–water partition coefficient (Wildman–Crippen LogP) is 4.65. The van der Waals surface area contributed by atoms with E-state index >= 15 is 0 Å². The molecule has 3 N–H and O–H groups in total. The first-order valence-corrected chi connectivity index (χ1v) is 12.8. The zero-order valence-corrected chi connectivity index (χ0v) is 21.3. The molecule has 0 bridgehead atoms. The van der Waals surface area contributed by atoms with E-state index in [1.165, 1.54) is 0 Å². The van der Waals surface area contributed by atoms with Gasteiger partial charge in [-0.2, -0.15) is 0 Å². The van der Waals surface area contributed by atoms with Crippen molar-refractivity contribution in [1.29, 1.82) is 0 Å². The molecule has 0 spiro atoms. The predicted molar refractivity (Wildman–Crippen MR) is 150 cm³/mol. The lowest BCUT2D eigenvalue weighted by atomic mass is 10.1. The molecule has 2 unspecified atom stereocenters. The highest BCUT2D eigenvalue weighted by molar-refractivity contribution is 5.94. The number of carbonyl (C=O) groups is 2. The number of anilines is 2. The van der Waals surface area contributed by atoms with Crippen molar-refractivity contribution < 1.29 is 9.59 Å². The van der Waals surface area contributed by atoms with Crippen molar-refractivity contribution in [3.05, 3.63) is 102 Å². The molecule has 2 amide bonds. The minimum absolute atomic E-state index is 0.0714. The maximum atomic E-state index is 13.4. The topological polar surface area (TPSA) is 116 Å². The number of rotatable bonds is 6. The number of imidazole rings is 1. The van der Waals surface area contributed by atoms with Crippen LogP contribution in [0.15, 0.2) is 91.0 Å². The van der Waals surface area contributed by atoms with Crippen LogP contribution in [0.25, 0.3) is 22.6 Å². The molecule has 1 fully saturated rings. The van der Waals surface area contributed by atoms with Crippen molar-refractivity contribution >= 4 is 34.4 Å². The van der Waals surface area contributed by atoms with Crippen LogP contribution < -0.4 is 10.6 Å². The van der Waals surface area contributed by atoms with Gasteiger partial charge in [0.15, 0.2) is 5.82 Å². The zero-order valence-electron chi connectivity index (χ0n) is 21.3. The second-order valence-electron chi connectivity index (χ2n) is 9.68. The second-order valence-corrected chi connectivity index (χ2v) is 9.68. The Bertz CT molecular complexity index is 1620. The van der Waals surface area contributed by atoms with Crippen molar-refractivity contribution in [2.75, 3.05) is 18.4 Å². The van der Waals surface area contributed by atoms with Gasteiger partial charge in [-0.3, -0.25) is 9.59 Å². The van der Waals surface area contributed by atoms with E-state index in [-0.39, 0.29) is 23.8 Å². The van der Waals surface area contributed by atoms with Crippen LogP contribution in [-0.4, -0.2) is 55.8 Å². The molecule has 9 nitrogen and oxygen atoms in total. The molecule has 39 heavy (non-hydrogen) atoms. The van der Waals surface area contributed by atoms with Gasteiger partial charge in [0, 0.05) is 18.8 Å². The third-order valence-electron chi connectivity index (χ3n) is 6.84. The number of likely N-dealkylation sites (tertiary alicyclic amines) is 1. The number of benzene rings is 2. The van der Waals surface area contributed by atoms with Crippen LogP contribution in [0.5, 0.6) is 0 Å². The minimum Gasteiger partial charge on any atom is -0.346 e. The number of pyridine rings is 2. The Labute approximate surface area is 225 Å². The summed E-state index contributed by atoms with van der Waals surface area (Å²) in [5.41, 5.74) is 3.90. The molecule has 194 valence electrons. The number of nitrogens with one attached hydrogen (secondary N) is 3. The molecule has 1 aliphatic heterocycles. The third-order valence-corrected chi connectivity index (χ3v) is 6.84. The molecule has 0 saturated carbocycles. The average Bonchev–Trinajstić information content (AvgIpc) is 3.57. The van der Waals surface area contributed by atoms with E-state index in [9.17, 15) is 9.59 Å². The smallest absolute Gasteiger partial charge is 0.272 e. The van der Waals surface area contributed by atoms with Gasteiger partial charge in [0.1, 0.15) is 22.9 Å². The highest BCUT2D eigenvalue weighted by Crippen LogP contribution is 2.22. The number of aromatic amines is 1. The summed E-state index contributed by atoms with van der Waals surface area (Å²) in [5, 5.41) is 6.27. The molecule has 4 heterocycles. The summed E-state index contributed by atoms with van der Waals surface area (Å²) in [6, 6.07) is 27.8. The minimum atomic E-state index is -0.275. The van der Waals surface area contributed by atoms with Crippen LogP contribution in [0.1, 0.15) is 27.9 Å². The van der Waals surface area contributed by atoms with E-state index < -0.39 is 0 Å². The lowest BCUT2D eigenvalue weighted by Gasteiger charge is -2.17. The monoisotopic (exact) mass is 517 g/mol. The van der Waals surface area contributed by atoms with Gasteiger partial charge in [-0.1, -0.05) is 49.4 Å². The molecule has 2 aromatic carbocycles. The third kappa shape index (κ3) is 5.19. The first-order chi connectivity index (χ1) is 19.0. The van der Waals surface area contributed by atoms with Gasteiger partial charge >= 0.3 is 0 Å². The molecule has 1 aliphatic rings. The number of fused-ring (bicyclic) bond motifs is 1. The highest BCUT2D eigenvalue weighted by atomic mass is 16.2. The van der Waals surface area contributed by atoms with Crippen LogP contribution in [0.3, 0.4) is 0 Å². The van der Waals surface area contributed by atoms with Crippen molar-refractivity contribution in [3.63, 3.8) is 0 Å². The maximum absolute atomic E-state index is 13.4. The van der Waals surface area contributed by atoms with Gasteiger partial charge in [0.25, 0.3) is 11.8 Å². The molecule has 3 aromatic heterocycles. The van der Waals surface area contributed by atoms with Crippen molar-refractivity contribution in [2.45, 2.75) is 13.0 Å². The number of carbonyl (C=O) groups excluding carboxylic acids is 2. The van der Waals surface area contributed by atoms with Crippen molar-refractivity contribution in [1.82, 2.24) is 30.2 Å². The van der Waals surface area contributed by atoms with Crippen LogP contribution in [-0.2, 0) is 0 Å². The number of H-pyrrole nitrogens is 1. The Morgan fingerprint density at radius 1 is 0.821 bits per heavy atom. The second kappa shape index (κ2) is 10.4. The van der Waals surface area contributed by atoms with Gasteiger partial charge < -0.3 is 20.5 Å². The fraction of sp³-hybridized carbons (Fsp3) is 0.167. The van der Waals surface area contributed by atoms with E-state index in [1.807, 2.05) is 79.7 Å². The van der Waals surface area contributed by atoms with Gasteiger partial charge in [-0.15, -0.1) is 0 Å². The van der Waals surface area contributed by atoms with Crippen LogP contribution in [0.4, 0.5) is 11.5 Å². The molecule has 6 rings (SSSR count). The highest BCUT2D eigenvalue weighted by Gasteiger charge is 2.34. The largest absolute Gasteiger partial charge is 0.346 e. The van der Waals surface area contributed by atoms with E-state index in [0.29, 0.717) is 41.8 Å². The van der Waals surface area contributed by atoms with Gasteiger partial charge in [-0.25, -0.2) is 15.0 Å². The molecule has 0 aliphatic carbocycles. The lowest BCUT2D eigenvalue weighted by molar-refractivity contribution is 0.0775. The first-order valence-electron chi connectivity index (χ1n) is 12.8. The molecule has 1 saturated heterocycles. The zero-order chi connectivity index (χ0) is 26.8. The molecular formula is C30H27N7O2. The number of hydrogen-bond acceptors (Lipinski definition) is 6. The molecule has 0 radical (unpaired) electrons. The van der Waals surface area contributed by atoms with Crippen LogP contribution in [0.2, 0.25) is 0 Å². The normalized spacial score (nSPS) is 16.8. The van der Waals surface area contributed by atoms with E-state index in [0.717, 1.165) is 16.7 Å². The SMILES string of the molecule is CC1CN(C(=O)c2cccc(-c3nc4ccccc4[nH]3)n2)CC1NC(=O)c1cccc(Nc2ccccc2)n1. The summed E-state index contributed by atoms with van der Waals surface area (Å²) in [6.45, 7) is 2.94. The Morgan fingerprint density at radius 2 is 1.59 bits per heavy atom. The first kappa shape index (κ1) is 24.3. The Morgan fingerprint density at radius 3 is 2.44 bits per heavy atom. The Balaban J connectivity index is 1.12. The lowest BCUT2D eigenvalue weighted by Crippen LogP contribution is -2.40. The molecule has 2 atom stereocenters. The Hall–Kier alpha value is -5.05. The van der Waals surface area contributed by atoms with Crippen LogP contribution in [0, 0.1) is 5.92 Å². The van der Waals surface area contributed by atoms with E-state index in [1.54, 1.807) is 23.1 Å². The van der Waals surface area contributed by atoms with Crippen molar-refractivity contribution in [2.24, 2.45) is 5.92 Å². The fourth-order valence-electron chi connectivity index (χ4n) is 4.78. The number of aromatic nitrogens is 4. The van der Waals surface area contributed by atoms with Gasteiger partial charge in [-0.05, 0) is 54.4 Å². The summed E-state index contributed by atoms with van der Waals surface area (Å²) in [6.07, 6.45) is 0. The maximum Gasteiger partial charge on any atom is 0.272 e. The van der Waals surface area contributed by atoms with E-state index in [4.69, 9.17) is 0 Å². The summed E-state index contributed by atoms with van der Waals surface area (Å²) < 4.78 is 0. The van der Waals surface area contributed by atoms with E-state index in [2.05, 4.69) is 30.6 Å². The summed E-state index contributed by atoms with van der Waals surface area (Å²) in [5.74, 6) is 0.816. The Kier molecular flexibility index (Phi) is 6.46. The van der Waals surface area contributed by atoms with Gasteiger partial charge in [0.2, 0.25) is 0 Å². The number of amides is 2. The summed E-state index contributed by atoms with van der Waals surface area (Å²) in [4.78, 5) is 45.1. The average molecular weight is 518 g/mol. The van der Waals surface area contributed by atoms with Gasteiger partial charge in [0.05, 0.1) is 17.1 Å². The molecule has 9 heteroatoms. The molecule has 5 aromatic rings.